The van der Waals surface area contributed by atoms with E-state index in [4.69, 9.17) is 9.88 Å². The van der Waals surface area contributed by atoms with E-state index in [1.807, 2.05) is 6.92 Å². The lowest BCUT2D eigenvalue weighted by molar-refractivity contribution is 0.204. The molecule has 0 saturated heterocycles. The first-order chi connectivity index (χ1) is 8.38. The standard InChI is InChI=1S/C12H25NO3S2/c1-3-4-5-6-7-8-9-10-11(2)16-12(17)18(13,14)15/h11H,3-10H2,1-2H3,(H2,13,14,15). The molecule has 0 aliphatic carbocycles. The van der Waals surface area contributed by atoms with Crippen LogP contribution in [0.25, 0.3) is 0 Å². The Hall–Kier alpha value is -0.200. The summed E-state index contributed by atoms with van der Waals surface area (Å²) in [5, 5.41) is 4.86. The molecule has 1 atom stereocenters. The van der Waals surface area contributed by atoms with Crippen LogP contribution in [0.2, 0.25) is 0 Å². The molecule has 0 radical (unpaired) electrons. The molecule has 0 bridgehead atoms. The van der Waals surface area contributed by atoms with Crippen LogP contribution in [0, 0.1) is 0 Å². The van der Waals surface area contributed by atoms with Gasteiger partial charge in [-0.05, 0) is 32.0 Å². The number of sulfonamides is 1. The van der Waals surface area contributed by atoms with Crippen molar-refractivity contribution in [1.29, 1.82) is 0 Å². The van der Waals surface area contributed by atoms with E-state index in [9.17, 15) is 8.42 Å². The average Bonchev–Trinajstić information content (AvgIpc) is 2.26. The number of unbranched alkanes of at least 4 members (excludes halogenated alkanes) is 6. The van der Waals surface area contributed by atoms with Gasteiger partial charge in [-0.1, -0.05) is 45.4 Å². The zero-order chi connectivity index (χ0) is 14.0. The van der Waals surface area contributed by atoms with Crippen molar-refractivity contribution in [3.63, 3.8) is 0 Å². The predicted octanol–water partition coefficient (Wildman–Crippen LogP) is 3.11. The van der Waals surface area contributed by atoms with Gasteiger partial charge in [-0.3, -0.25) is 0 Å². The molecule has 0 rings (SSSR count). The van der Waals surface area contributed by atoms with E-state index in [1.54, 1.807) is 0 Å². The zero-order valence-electron chi connectivity index (χ0n) is 11.4. The fourth-order valence-corrected chi connectivity index (χ4v) is 2.14. The topological polar surface area (TPSA) is 69.4 Å². The maximum absolute atomic E-state index is 10.9. The van der Waals surface area contributed by atoms with Gasteiger partial charge >= 0.3 is 0 Å². The molecule has 0 fully saturated rings. The van der Waals surface area contributed by atoms with Crippen molar-refractivity contribution < 1.29 is 13.2 Å². The first-order valence-corrected chi connectivity index (χ1v) is 8.56. The second-order valence-electron chi connectivity index (χ2n) is 4.63. The summed E-state index contributed by atoms with van der Waals surface area (Å²) in [4.78, 5) is 0. The van der Waals surface area contributed by atoms with Crippen LogP contribution in [0.1, 0.15) is 65.2 Å². The Morgan fingerprint density at radius 3 is 2.17 bits per heavy atom. The van der Waals surface area contributed by atoms with E-state index in [1.165, 1.54) is 32.1 Å². The van der Waals surface area contributed by atoms with Gasteiger partial charge in [0.1, 0.15) is 0 Å². The summed E-state index contributed by atoms with van der Waals surface area (Å²) in [6.45, 7) is 4.02. The third-order valence-corrected chi connectivity index (χ3v) is 4.10. The van der Waals surface area contributed by atoms with Gasteiger partial charge in [0, 0.05) is 0 Å². The fraction of sp³-hybridized carbons (Fsp3) is 0.917. The van der Waals surface area contributed by atoms with E-state index in [0.29, 0.717) is 0 Å². The second kappa shape index (κ2) is 9.69. The number of ether oxygens (including phenoxy) is 1. The lowest BCUT2D eigenvalue weighted by Crippen LogP contribution is -2.27. The quantitative estimate of drug-likeness (QED) is 0.524. The summed E-state index contributed by atoms with van der Waals surface area (Å²) in [5.74, 6) is 0. The highest BCUT2D eigenvalue weighted by Crippen LogP contribution is 2.11. The number of primary sulfonamides is 1. The minimum atomic E-state index is -3.83. The molecule has 18 heavy (non-hydrogen) atoms. The molecule has 1 unspecified atom stereocenters. The largest absolute Gasteiger partial charge is 0.471 e. The average molecular weight is 295 g/mol. The van der Waals surface area contributed by atoms with Crippen LogP contribution in [-0.4, -0.2) is 18.9 Å². The van der Waals surface area contributed by atoms with Gasteiger partial charge in [-0.15, -0.1) is 0 Å². The minimum Gasteiger partial charge on any atom is -0.471 e. The summed E-state index contributed by atoms with van der Waals surface area (Å²) in [7, 11) is -3.83. The predicted molar refractivity (Wildman–Crippen MR) is 78.9 cm³/mol. The summed E-state index contributed by atoms with van der Waals surface area (Å²) in [6, 6.07) is 0. The van der Waals surface area contributed by atoms with E-state index in [0.717, 1.165) is 19.3 Å². The first kappa shape index (κ1) is 17.8. The molecule has 0 spiro atoms. The molecule has 0 aliphatic heterocycles. The first-order valence-electron chi connectivity index (χ1n) is 6.61. The maximum Gasteiger partial charge on any atom is 0.294 e. The summed E-state index contributed by atoms with van der Waals surface area (Å²) in [6.07, 6.45) is 9.18. The van der Waals surface area contributed by atoms with Gasteiger partial charge in [-0.25, -0.2) is 13.6 Å². The molecular formula is C12H25NO3S2. The number of nitrogens with two attached hydrogens (primary N) is 1. The van der Waals surface area contributed by atoms with Gasteiger partial charge in [0.2, 0.25) is 0 Å². The van der Waals surface area contributed by atoms with E-state index in [2.05, 4.69) is 19.1 Å². The number of hydrogen-bond acceptors (Lipinski definition) is 4. The Kier molecular flexibility index (Phi) is 9.59. The smallest absolute Gasteiger partial charge is 0.294 e. The molecule has 0 aromatic heterocycles. The van der Waals surface area contributed by atoms with Crippen molar-refractivity contribution in [1.82, 2.24) is 0 Å². The lowest BCUT2D eigenvalue weighted by Gasteiger charge is -2.13. The van der Waals surface area contributed by atoms with Crippen LogP contribution in [0.3, 0.4) is 0 Å². The molecular weight excluding hydrogens is 270 g/mol. The summed E-state index contributed by atoms with van der Waals surface area (Å²) in [5.41, 5.74) is 0. The lowest BCUT2D eigenvalue weighted by atomic mass is 10.1. The molecule has 2 N–H and O–H groups in total. The van der Waals surface area contributed by atoms with Crippen LogP contribution in [0.4, 0.5) is 0 Å². The van der Waals surface area contributed by atoms with Crippen molar-refractivity contribution in [2.75, 3.05) is 0 Å². The van der Waals surface area contributed by atoms with Crippen LogP contribution >= 0.6 is 12.2 Å². The Bertz CT molecular complexity index is 328. The Labute approximate surface area is 116 Å². The monoisotopic (exact) mass is 295 g/mol. The van der Waals surface area contributed by atoms with Crippen molar-refractivity contribution in [3.05, 3.63) is 0 Å². The molecule has 108 valence electrons. The molecule has 4 nitrogen and oxygen atoms in total. The third kappa shape index (κ3) is 9.79. The normalized spacial score (nSPS) is 13.3. The van der Waals surface area contributed by atoms with E-state index in [-0.39, 0.29) is 6.10 Å². The Morgan fingerprint density at radius 1 is 1.17 bits per heavy atom. The highest BCUT2D eigenvalue weighted by Gasteiger charge is 2.16. The van der Waals surface area contributed by atoms with Crippen LogP contribution in [0.5, 0.6) is 0 Å². The van der Waals surface area contributed by atoms with Crippen molar-refractivity contribution in [3.8, 4) is 0 Å². The van der Waals surface area contributed by atoms with Gasteiger partial charge in [0.25, 0.3) is 14.4 Å². The number of thiocarbonyl (C=S) groups is 1. The van der Waals surface area contributed by atoms with Crippen LogP contribution in [-0.2, 0) is 14.8 Å². The molecule has 6 heteroatoms. The van der Waals surface area contributed by atoms with Crippen molar-refractivity contribution in [2.24, 2.45) is 5.14 Å². The molecule has 0 heterocycles. The highest BCUT2D eigenvalue weighted by atomic mass is 32.2. The minimum absolute atomic E-state index is 0.188. The summed E-state index contributed by atoms with van der Waals surface area (Å²) < 4.78 is 26.3. The van der Waals surface area contributed by atoms with Crippen LogP contribution < -0.4 is 5.14 Å². The molecule has 0 aliphatic rings. The maximum atomic E-state index is 10.9. The van der Waals surface area contributed by atoms with Gasteiger partial charge in [0.05, 0.1) is 6.10 Å². The van der Waals surface area contributed by atoms with Crippen LogP contribution in [0.15, 0.2) is 0 Å². The zero-order valence-corrected chi connectivity index (χ0v) is 13.0. The van der Waals surface area contributed by atoms with Gasteiger partial charge in [0.15, 0.2) is 0 Å². The van der Waals surface area contributed by atoms with E-state index >= 15 is 0 Å². The summed E-state index contributed by atoms with van der Waals surface area (Å²) >= 11 is 4.58. The Balaban J connectivity index is 3.54. The fourth-order valence-electron chi connectivity index (χ4n) is 1.68. The molecule has 0 aromatic rings. The molecule has 0 amide bonds. The van der Waals surface area contributed by atoms with Gasteiger partial charge in [-0.2, -0.15) is 0 Å². The van der Waals surface area contributed by atoms with Crippen molar-refractivity contribution in [2.45, 2.75) is 71.3 Å². The third-order valence-electron chi connectivity index (χ3n) is 2.74. The van der Waals surface area contributed by atoms with Gasteiger partial charge < -0.3 is 4.74 Å². The molecule has 0 saturated carbocycles. The van der Waals surface area contributed by atoms with E-state index < -0.39 is 14.4 Å². The number of hydrogen-bond donors (Lipinski definition) is 1. The Morgan fingerprint density at radius 2 is 1.67 bits per heavy atom. The highest BCUT2D eigenvalue weighted by molar-refractivity contribution is 8.15. The SMILES string of the molecule is CCCCCCCCCC(C)OC(=S)S(N)(=O)=O. The number of rotatable bonds is 9. The molecule has 0 aromatic carbocycles. The second-order valence-corrected chi connectivity index (χ2v) is 6.72. The van der Waals surface area contributed by atoms with Crippen molar-refractivity contribution >= 4 is 26.6 Å².